The predicted molar refractivity (Wildman–Crippen MR) is 111 cm³/mol. The van der Waals surface area contributed by atoms with Crippen LogP contribution in [0.15, 0.2) is 12.1 Å². The molecule has 2 aliphatic rings. The average molecular weight is 468 g/mol. The zero-order chi connectivity index (χ0) is 24.1. The van der Waals surface area contributed by atoms with E-state index in [1.54, 1.807) is 13.8 Å². The van der Waals surface area contributed by atoms with Crippen LogP contribution in [0.3, 0.4) is 0 Å². The number of carbonyl (C=O) groups excluding carboxylic acids is 2. The van der Waals surface area contributed by atoms with Gasteiger partial charge < -0.3 is 15.8 Å². The van der Waals surface area contributed by atoms with Crippen LogP contribution in [0.25, 0.3) is 5.69 Å². The van der Waals surface area contributed by atoms with Gasteiger partial charge in [0, 0.05) is 31.7 Å². The number of primary amides is 1. The van der Waals surface area contributed by atoms with E-state index >= 15 is 4.39 Å². The molecule has 2 heterocycles. The highest BCUT2D eigenvalue weighted by Crippen LogP contribution is 2.42. The van der Waals surface area contributed by atoms with E-state index in [1.165, 1.54) is 6.07 Å². The Kier molecular flexibility index (Phi) is 5.71. The SMILES string of the molecule is CC1(C)CC(=O)c2c(C(F)(F)F)nn(-c3cc(F)c(C(N)=O)c(NC4CCOCC4)c3)c2C1. The number of benzene rings is 1. The first kappa shape index (κ1) is 23.2. The number of amides is 1. The number of nitrogens with zero attached hydrogens (tertiary/aromatic N) is 2. The fraction of sp³-hybridized carbons (Fsp3) is 0.500. The van der Waals surface area contributed by atoms with Crippen molar-refractivity contribution in [3.8, 4) is 5.69 Å². The van der Waals surface area contributed by atoms with E-state index in [-0.39, 0.29) is 36.0 Å². The van der Waals surface area contributed by atoms with Crippen LogP contribution in [0.2, 0.25) is 0 Å². The molecule has 1 aromatic carbocycles. The molecular formula is C22H24F4N4O3. The zero-order valence-corrected chi connectivity index (χ0v) is 18.2. The van der Waals surface area contributed by atoms with Crippen LogP contribution in [-0.4, -0.2) is 40.7 Å². The normalized spacial score (nSPS) is 18.8. The summed E-state index contributed by atoms with van der Waals surface area (Å²) in [5, 5.41) is 6.77. The summed E-state index contributed by atoms with van der Waals surface area (Å²) in [5.74, 6) is -2.66. The minimum atomic E-state index is -4.86. The molecule has 0 atom stereocenters. The first-order chi connectivity index (χ1) is 15.4. The Labute approximate surface area is 187 Å². The highest BCUT2D eigenvalue weighted by atomic mass is 19.4. The zero-order valence-electron chi connectivity index (χ0n) is 18.2. The van der Waals surface area contributed by atoms with Crippen molar-refractivity contribution in [2.75, 3.05) is 18.5 Å². The summed E-state index contributed by atoms with van der Waals surface area (Å²) >= 11 is 0. The van der Waals surface area contributed by atoms with Crippen LogP contribution in [0.4, 0.5) is 23.2 Å². The number of hydrogen-bond acceptors (Lipinski definition) is 5. The molecule has 1 amide bonds. The first-order valence-electron chi connectivity index (χ1n) is 10.6. The fourth-order valence-corrected chi connectivity index (χ4v) is 4.50. The van der Waals surface area contributed by atoms with Gasteiger partial charge in [0.05, 0.1) is 28.2 Å². The van der Waals surface area contributed by atoms with Gasteiger partial charge in [0.25, 0.3) is 5.91 Å². The fourth-order valence-electron chi connectivity index (χ4n) is 4.50. The molecule has 0 saturated carbocycles. The third kappa shape index (κ3) is 4.46. The molecule has 1 aliphatic heterocycles. The molecule has 4 rings (SSSR count). The van der Waals surface area contributed by atoms with Crippen LogP contribution in [0.5, 0.6) is 0 Å². The Balaban J connectivity index is 1.88. The number of ether oxygens (including phenoxy) is 1. The van der Waals surface area contributed by atoms with Gasteiger partial charge in [0.2, 0.25) is 0 Å². The summed E-state index contributed by atoms with van der Waals surface area (Å²) < 4.78 is 62.4. The van der Waals surface area contributed by atoms with E-state index in [2.05, 4.69) is 10.4 Å². The number of aromatic nitrogens is 2. The maximum atomic E-state index is 15.0. The Hall–Kier alpha value is -2.95. The summed E-state index contributed by atoms with van der Waals surface area (Å²) in [6.07, 6.45) is -3.58. The van der Waals surface area contributed by atoms with Crippen LogP contribution in [-0.2, 0) is 17.3 Å². The third-order valence-electron chi connectivity index (χ3n) is 5.96. The van der Waals surface area contributed by atoms with Crippen molar-refractivity contribution < 1.29 is 31.9 Å². The molecule has 11 heteroatoms. The Morgan fingerprint density at radius 2 is 1.91 bits per heavy atom. The summed E-state index contributed by atoms with van der Waals surface area (Å²) in [6.45, 7) is 4.50. The largest absolute Gasteiger partial charge is 0.435 e. The highest BCUT2D eigenvalue weighted by molar-refractivity contribution is 6.01. The van der Waals surface area contributed by atoms with E-state index in [1.807, 2.05) is 0 Å². The maximum absolute atomic E-state index is 15.0. The number of alkyl halides is 3. The number of nitrogens with one attached hydrogen (secondary N) is 1. The number of anilines is 1. The number of ketones is 1. The van der Waals surface area contributed by atoms with Gasteiger partial charge in [-0.05, 0) is 30.7 Å². The lowest BCUT2D eigenvalue weighted by Crippen LogP contribution is -2.30. The highest BCUT2D eigenvalue weighted by Gasteiger charge is 2.45. The van der Waals surface area contributed by atoms with Gasteiger partial charge in [-0.2, -0.15) is 18.3 Å². The molecule has 2 aromatic rings. The van der Waals surface area contributed by atoms with Crippen LogP contribution >= 0.6 is 0 Å². The maximum Gasteiger partial charge on any atom is 0.435 e. The van der Waals surface area contributed by atoms with Gasteiger partial charge >= 0.3 is 6.18 Å². The van der Waals surface area contributed by atoms with Gasteiger partial charge in [-0.25, -0.2) is 9.07 Å². The lowest BCUT2D eigenvalue weighted by molar-refractivity contribution is -0.141. The van der Waals surface area contributed by atoms with Crippen molar-refractivity contribution in [3.05, 3.63) is 40.5 Å². The van der Waals surface area contributed by atoms with E-state index in [0.29, 0.717) is 26.1 Å². The van der Waals surface area contributed by atoms with Gasteiger partial charge in [-0.15, -0.1) is 0 Å². The summed E-state index contributed by atoms with van der Waals surface area (Å²) in [4.78, 5) is 24.6. The summed E-state index contributed by atoms with van der Waals surface area (Å²) in [6, 6.07) is 2.12. The molecule has 0 unspecified atom stereocenters. The number of hydrogen-bond donors (Lipinski definition) is 2. The molecule has 33 heavy (non-hydrogen) atoms. The van der Waals surface area contributed by atoms with Crippen LogP contribution < -0.4 is 11.1 Å². The minimum absolute atomic E-state index is 0.0377. The monoisotopic (exact) mass is 468 g/mol. The average Bonchev–Trinajstić information content (AvgIpc) is 3.07. The second-order valence-corrected chi connectivity index (χ2v) is 9.27. The number of rotatable bonds is 4. The number of nitrogens with two attached hydrogens (primary N) is 1. The van der Waals surface area contributed by atoms with Crippen LogP contribution in [0, 0.1) is 11.2 Å². The molecular weight excluding hydrogens is 444 g/mol. The molecule has 1 aliphatic carbocycles. The molecule has 7 nitrogen and oxygen atoms in total. The Morgan fingerprint density at radius 3 is 2.52 bits per heavy atom. The molecule has 3 N–H and O–H groups in total. The van der Waals surface area contributed by atoms with Crippen molar-refractivity contribution in [2.45, 2.75) is 51.7 Å². The smallest absolute Gasteiger partial charge is 0.381 e. The minimum Gasteiger partial charge on any atom is -0.381 e. The molecule has 1 saturated heterocycles. The standard InChI is InChI=1S/C22H24F4N4O3/c1-21(2)9-15-18(16(31)10-21)19(22(24,25)26)29-30(15)12-7-13(23)17(20(27)32)14(8-12)28-11-3-5-33-6-4-11/h7-8,11,28H,3-6,9-10H2,1-2H3,(H2,27,32). The van der Waals surface area contributed by atoms with Crippen molar-refractivity contribution in [1.82, 2.24) is 9.78 Å². The summed E-state index contributed by atoms with van der Waals surface area (Å²) in [7, 11) is 0. The van der Waals surface area contributed by atoms with E-state index in [0.717, 1.165) is 10.7 Å². The van der Waals surface area contributed by atoms with Crippen LogP contribution in [0.1, 0.15) is 65.2 Å². The lowest BCUT2D eigenvalue weighted by Gasteiger charge is -2.29. The van der Waals surface area contributed by atoms with E-state index in [4.69, 9.17) is 10.5 Å². The van der Waals surface area contributed by atoms with Gasteiger partial charge in [-0.3, -0.25) is 9.59 Å². The second kappa shape index (κ2) is 8.12. The lowest BCUT2D eigenvalue weighted by atomic mass is 9.75. The molecule has 1 fully saturated rings. The molecule has 1 aromatic heterocycles. The molecule has 0 spiro atoms. The third-order valence-corrected chi connectivity index (χ3v) is 5.96. The van der Waals surface area contributed by atoms with Crippen molar-refractivity contribution >= 4 is 17.4 Å². The van der Waals surface area contributed by atoms with E-state index in [9.17, 15) is 22.8 Å². The first-order valence-corrected chi connectivity index (χ1v) is 10.6. The van der Waals surface area contributed by atoms with Gasteiger partial charge in [0.15, 0.2) is 11.5 Å². The van der Waals surface area contributed by atoms with Crippen molar-refractivity contribution in [1.29, 1.82) is 0 Å². The second-order valence-electron chi connectivity index (χ2n) is 9.27. The van der Waals surface area contributed by atoms with Crippen molar-refractivity contribution in [3.63, 3.8) is 0 Å². The topological polar surface area (TPSA) is 99.2 Å². The van der Waals surface area contributed by atoms with Gasteiger partial charge in [0.1, 0.15) is 5.82 Å². The number of carbonyl (C=O) groups is 2. The number of halogens is 4. The quantitative estimate of drug-likeness (QED) is 0.664. The van der Waals surface area contributed by atoms with Crippen molar-refractivity contribution in [2.24, 2.45) is 11.1 Å². The van der Waals surface area contributed by atoms with Gasteiger partial charge in [-0.1, -0.05) is 13.8 Å². The van der Waals surface area contributed by atoms with E-state index < -0.39 is 45.9 Å². The Morgan fingerprint density at radius 1 is 1.24 bits per heavy atom. The molecule has 0 bridgehead atoms. The Bertz CT molecular complexity index is 1120. The molecule has 178 valence electrons. The predicted octanol–water partition coefficient (Wildman–Crippen LogP) is 3.88. The number of fused-ring (bicyclic) bond motifs is 1. The summed E-state index contributed by atoms with van der Waals surface area (Å²) in [5.41, 5.74) is 2.69. The number of Topliss-reactive ketones (excluding diaryl/α,β-unsaturated/α-hetero) is 1. The molecule has 0 radical (unpaired) electrons.